The van der Waals surface area contributed by atoms with Gasteiger partial charge in [-0.3, -0.25) is 0 Å². The van der Waals surface area contributed by atoms with Crippen molar-refractivity contribution < 1.29 is 5.11 Å². The Labute approximate surface area is 180 Å². The van der Waals surface area contributed by atoms with E-state index in [9.17, 15) is 5.11 Å². The van der Waals surface area contributed by atoms with E-state index >= 15 is 0 Å². The summed E-state index contributed by atoms with van der Waals surface area (Å²) in [6.07, 6.45) is 4.28. The van der Waals surface area contributed by atoms with Gasteiger partial charge in [0.1, 0.15) is 23.0 Å². The lowest BCUT2D eigenvalue weighted by Gasteiger charge is -2.21. The Bertz CT molecular complexity index is 1290. The van der Waals surface area contributed by atoms with Crippen molar-refractivity contribution in [1.29, 1.82) is 0 Å². The van der Waals surface area contributed by atoms with Gasteiger partial charge in [-0.15, -0.1) is 0 Å². The van der Waals surface area contributed by atoms with Gasteiger partial charge in [0.25, 0.3) is 0 Å². The molecule has 1 aromatic carbocycles. The smallest absolute Gasteiger partial charge is 0.160 e. The van der Waals surface area contributed by atoms with Gasteiger partial charge in [-0.2, -0.15) is 9.61 Å². The number of fused-ring (bicyclic) bond motifs is 2. The zero-order valence-electron chi connectivity index (χ0n) is 17.5. The summed E-state index contributed by atoms with van der Waals surface area (Å²) in [6.45, 7) is 4.11. The maximum atomic E-state index is 9.85. The highest BCUT2D eigenvalue weighted by Crippen LogP contribution is 2.39. The van der Waals surface area contributed by atoms with Crippen LogP contribution in [-0.4, -0.2) is 54.9 Å². The highest BCUT2D eigenvalue weighted by Gasteiger charge is 2.42. The van der Waals surface area contributed by atoms with Crippen LogP contribution in [0.5, 0.6) is 0 Å². The van der Waals surface area contributed by atoms with Gasteiger partial charge in [-0.1, -0.05) is 12.1 Å². The van der Waals surface area contributed by atoms with Crippen molar-refractivity contribution >= 4 is 28.3 Å². The topological polar surface area (TPSA) is 91.5 Å². The fourth-order valence-corrected chi connectivity index (χ4v) is 4.35. The van der Waals surface area contributed by atoms with Gasteiger partial charge in [-0.05, 0) is 44.7 Å². The van der Waals surface area contributed by atoms with Gasteiger partial charge in [0.2, 0.25) is 0 Å². The molecule has 31 heavy (non-hydrogen) atoms. The van der Waals surface area contributed by atoms with Crippen molar-refractivity contribution in [2.75, 3.05) is 29.9 Å². The predicted octanol–water partition coefficient (Wildman–Crippen LogP) is 3.18. The quantitative estimate of drug-likeness (QED) is 0.517. The Kier molecular flexibility index (Phi) is 4.11. The average molecular weight is 416 g/mol. The van der Waals surface area contributed by atoms with E-state index in [1.54, 1.807) is 0 Å². The number of nitrogens with zero attached hydrogens (tertiary/aromatic N) is 6. The molecule has 2 aliphatic rings. The van der Waals surface area contributed by atoms with E-state index in [1.165, 1.54) is 12.8 Å². The monoisotopic (exact) mass is 415 g/mol. The molecule has 3 aromatic heterocycles. The predicted molar refractivity (Wildman–Crippen MR) is 120 cm³/mol. The van der Waals surface area contributed by atoms with Crippen LogP contribution >= 0.6 is 0 Å². The molecule has 0 radical (unpaired) electrons. The number of hydrogen-bond donors (Lipinski definition) is 2. The van der Waals surface area contributed by atoms with Crippen LogP contribution in [-0.2, 0) is 0 Å². The van der Waals surface area contributed by atoms with Gasteiger partial charge in [0, 0.05) is 25.2 Å². The molecule has 8 heteroatoms. The Morgan fingerprint density at radius 1 is 1.03 bits per heavy atom. The fourth-order valence-electron chi connectivity index (χ4n) is 4.35. The van der Waals surface area contributed by atoms with E-state index in [4.69, 9.17) is 20.1 Å². The molecule has 1 aliphatic carbocycles. The summed E-state index contributed by atoms with van der Waals surface area (Å²) in [5.41, 5.74) is 4.60. The van der Waals surface area contributed by atoms with Crippen LogP contribution in [0.15, 0.2) is 36.4 Å². The van der Waals surface area contributed by atoms with E-state index in [2.05, 4.69) is 16.3 Å². The van der Waals surface area contributed by atoms with Crippen molar-refractivity contribution in [2.24, 2.45) is 0 Å². The molecule has 158 valence electrons. The molecule has 2 N–H and O–H groups in total. The molecule has 2 fully saturated rings. The first-order valence-electron chi connectivity index (χ1n) is 10.9. The molecule has 8 nitrogen and oxygen atoms in total. The summed E-state index contributed by atoms with van der Waals surface area (Å²) in [4.78, 5) is 16.8. The van der Waals surface area contributed by atoms with E-state index in [0.29, 0.717) is 0 Å². The minimum Gasteiger partial charge on any atom is -0.394 e. The van der Waals surface area contributed by atoms with E-state index < -0.39 is 0 Å². The second kappa shape index (κ2) is 6.88. The third kappa shape index (κ3) is 3.18. The summed E-state index contributed by atoms with van der Waals surface area (Å²) in [5, 5.41) is 18.3. The second-order valence-electron chi connectivity index (χ2n) is 8.70. The van der Waals surface area contributed by atoms with Crippen LogP contribution in [0.1, 0.15) is 31.4 Å². The zero-order chi connectivity index (χ0) is 21.0. The van der Waals surface area contributed by atoms with Gasteiger partial charge in [-0.25, -0.2) is 15.0 Å². The summed E-state index contributed by atoms with van der Waals surface area (Å²) in [7, 11) is 0. The number of aryl methyl sites for hydroxylation is 1. The number of rotatable bonds is 5. The van der Waals surface area contributed by atoms with Gasteiger partial charge in [0.15, 0.2) is 5.65 Å². The van der Waals surface area contributed by atoms with E-state index in [1.807, 2.05) is 41.8 Å². The molecular formula is C23H25N7O. The molecule has 4 aromatic rings. The minimum absolute atomic E-state index is 0.110. The van der Waals surface area contributed by atoms with Gasteiger partial charge >= 0.3 is 0 Å². The summed E-state index contributed by atoms with van der Waals surface area (Å²) < 4.78 is 1.83. The lowest BCUT2D eigenvalue weighted by atomic mass is 10.2. The highest BCUT2D eigenvalue weighted by atomic mass is 16.3. The van der Waals surface area contributed by atoms with Crippen LogP contribution in [0.25, 0.3) is 28.1 Å². The van der Waals surface area contributed by atoms with Crippen molar-refractivity contribution in [3.8, 4) is 11.4 Å². The number of nitrogens with one attached hydrogen (secondary N) is 1. The Balaban J connectivity index is 1.50. The van der Waals surface area contributed by atoms with Crippen molar-refractivity contribution in [3.05, 3.63) is 42.1 Å². The molecule has 1 saturated carbocycles. The van der Waals surface area contributed by atoms with Gasteiger partial charge in [0.05, 0.1) is 28.9 Å². The largest absolute Gasteiger partial charge is 0.394 e. The first-order chi connectivity index (χ1) is 15.1. The van der Waals surface area contributed by atoms with Crippen LogP contribution < -0.4 is 10.2 Å². The lowest BCUT2D eigenvalue weighted by Crippen LogP contribution is -2.28. The van der Waals surface area contributed by atoms with Crippen LogP contribution in [0.3, 0.4) is 0 Å². The maximum absolute atomic E-state index is 9.85. The molecule has 6 rings (SSSR count). The first kappa shape index (κ1) is 18.5. The van der Waals surface area contributed by atoms with E-state index in [-0.39, 0.29) is 12.1 Å². The van der Waals surface area contributed by atoms with Crippen molar-refractivity contribution in [3.63, 3.8) is 0 Å². The third-order valence-electron chi connectivity index (χ3n) is 6.38. The number of aromatic nitrogens is 5. The molecule has 0 atom stereocenters. The molecule has 0 amide bonds. The number of anilines is 2. The number of para-hydroxylation sites is 2. The summed E-state index contributed by atoms with van der Waals surface area (Å²) in [5.74, 6) is 1.81. The standard InChI is InChI=1S/C23H25N7O/c1-15-22(25-17-7-3-2-6-16(17)24-15)18-12-20-26-19(29-10-4-5-11-29)13-21(30(20)28-18)27-23(14-31)8-9-23/h2-3,6-7,12-13,27,31H,4-5,8-11,14H2,1H3. The highest BCUT2D eigenvalue weighted by molar-refractivity contribution is 5.78. The Hall–Kier alpha value is -3.26. The van der Waals surface area contributed by atoms with Crippen LogP contribution in [0.2, 0.25) is 0 Å². The number of hydrogen-bond acceptors (Lipinski definition) is 7. The fraction of sp³-hybridized carbons (Fsp3) is 0.391. The molecule has 0 unspecified atom stereocenters. The van der Waals surface area contributed by atoms with E-state index in [0.717, 1.165) is 71.3 Å². The maximum Gasteiger partial charge on any atom is 0.160 e. The first-order valence-corrected chi connectivity index (χ1v) is 10.9. The number of benzene rings is 1. The SMILES string of the molecule is Cc1nc2ccccc2nc1-c1cc2nc(N3CCCC3)cc(NC3(CO)CC3)n2n1. The number of aliphatic hydroxyl groups is 1. The molecule has 4 heterocycles. The molecule has 1 saturated heterocycles. The average Bonchev–Trinajstić information content (AvgIpc) is 3.17. The third-order valence-corrected chi connectivity index (χ3v) is 6.38. The summed E-state index contributed by atoms with van der Waals surface area (Å²) >= 11 is 0. The Morgan fingerprint density at radius 2 is 1.77 bits per heavy atom. The second-order valence-corrected chi connectivity index (χ2v) is 8.70. The molecule has 0 bridgehead atoms. The zero-order valence-corrected chi connectivity index (χ0v) is 17.5. The minimum atomic E-state index is -0.249. The van der Waals surface area contributed by atoms with Crippen LogP contribution in [0.4, 0.5) is 11.6 Å². The Morgan fingerprint density at radius 3 is 2.48 bits per heavy atom. The number of aliphatic hydroxyl groups excluding tert-OH is 1. The van der Waals surface area contributed by atoms with Crippen molar-refractivity contribution in [2.45, 2.75) is 38.1 Å². The molecule has 1 aliphatic heterocycles. The normalized spacial score (nSPS) is 17.5. The molecule has 0 spiro atoms. The molecular weight excluding hydrogens is 390 g/mol. The van der Waals surface area contributed by atoms with Gasteiger partial charge < -0.3 is 15.3 Å². The van der Waals surface area contributed by atoms with Crippen LogP contribution in [0, 0.1) is 6.92 Å². The van der Waals surface area contributed by atoms with Crippen molar-refractivity contribution in [1.82, 2.24) is 24.6 Å². The lowest BCUT2D eigenvalue weighted by molar-refractivity contribution is 0.266. The summed E-state index contributed by atoms with van der Waals surface area (Å²) in [6, 6.07) is 11.9.